The van der Waals surface area contributed by atoms with Crippen LogP contribution in [0.3, 0.4) is 0 Å². The fraction of sp³-hybridized carbons (Fsp3) is 0.842. The first-order valence-corrected chi connectivity index (χ1v) is 19.0. The number of likely N-dealkylation sites (N-methyl/N-ethyl adjacent to an activating group) is 1. The number of nitrogens with one attached hydrogen (secondary N) is 1. The van der Waals surface area contributed by atoms with E-state index in [9.17, 15) is 19.2 Å². The molecule has 0 radical (unpaired) electrons. The van der Waals surface area contributed by atoms with Crippen LogP contribution in [-0.4, -0.2) is 131 Å². The van der Waals surface area contributed by atoms with E-state index in [2.05, 4.69) is 33.9 Å². The molecule has 4 amide bonds. The van der Waals surface area contributed by atoms with Crippen molar-refractivity contribution in [1.82, 2.24) is 29.8 Å². The van der Waals surface area contributed by atoms with Crippen molar-refractivity contribution in [3.05, 3.63) is 11.6 Å². The minimum absolute atomic E-state index is 0.0275. The van der Waals surface area contributed by atoms with Crippen LogP contribution in [-0.2, 0) is 19.2 Å². The number of carbonyl (C=O) groups is 4. The molecule has 48 heavy (non-hydrogen) atoms. The Morgan fingerprint density at radius 1 is 0.812 bits per heavy atom. The highest BCUT2D eigenvalue weighted by Gasteiger charge is 2.42. The van der Waals surface area contributed by atoms with E-state index in [4.69, 9.17) is 0 Å². The maximum atomic E-state index is 14.2. The molecule has 4 fully saturated rings. The molecule has 4 aliphatic heterocycles. The summed E-state index contributed by atoms with van der Waals surface area (Å²) in [5.74, 6) is -0.247. The standard InChI is InChI=1S/C38H66N6O4/c1-26(2)32(40(9)37(48)33(38(6,7)8)39-34(45)30-17-10-11-21-42(30)27(3)4)24-28(5)35(46)44-23-15-18-31(44)36(47)43-22-14-16-29(43)25-41-19-12-13-20-41/h24,26-27,29-33H,10-23,25H2,1-9H3,(H,39,45)/t29-,30+,31-,32?,33+/m0/s1. The first kappa shape index (κ1) is 38.3. The van der Waals surface area contributed by atoms with Gasteiger partial charge in [0.25, 0.3) is 0 Å². The molecule has 0 spiro atoms. The van der Waals surface area contributed by atoms with Crippen molar-refractivity contribution in [2.75, 3.05) is 46.3 Å². The Kier molecular flexibility index (Phi) is 13.2. The SMILES string of the molecule is CC(=CC(C(C)C)N(C)C(=O)[C@@H](NC(=O)[C@H]1CCCCN1C(C)C)C(C)(C)C)C(=O)N1CCC[C@H]1C(=O)N1CCC[C@H]1CN1CCCC1. The Hall–Kier alpha value is -2.46. The highest BCUT2D eigenvalue weighted by molar-refractivity contribution is 5.97. The molecule has 0 saturated carbocycles. The summed E-state index contributed by atoms with van der Waals surface area (Å²) in [5.41, 5.74) is 0.0361. The number of piperidine rings is 1. The number of hydrogen-bond donors (Lipinski definition) is 1. The van der Waals surface area contributed by atoms with Gasteiger partial charge in [-0.1, -0.05) is 47.1 Å². The van der Waals surface area contributed by atoms with E-state index in [1.54, 1.807) is 16.8 Å². The number of carbonyl (C=O) groups excluding carboxylic acids is 4. The number of hydrogen-bond acceptors (Lipinski definition) is 6. The molecule has 0 bridgehead atoms. The van der Waals surface area contributed by atoms with Crippen LogP contribution >= 0.6 is 0 Å². The summed E-state index contributed by atoms with van der Waals surface area (Å²) >= 11 is 0. The van der Waals surface area contributed by atoms with Gasteiger partial charge < -0.3 is 24.9 Å². The Bertz CT molecular complexity index is 1170. The van der Waals surface area contributed by atoms with Crippen LogP contribution in [0.15, 0.2) is 11.6 Å². The molecule has 10 heteroatoms. The lowest BCUT2D eigenvalue weighted by molar-refractivity contribution is -0.143. The predicted octanol–water partition coefficient (Wildman–Crippen LogP) is 4.29. The summed E-state index contributed by atoms with van der Waals surface area (Å²) in [5, 5.41) is 3.17. The lowest BCUT2D eigenvalue weighted by Crippen LogP contribution is -2.60. The van der Waals surface area contributed by atoms with Gasteiger partial charge in [0.2, 0.25) is 23.6 Å². The van der Waals surface area contributed by atoms with Crippen molar-refractivity contribution in [2.45, 2.75) is 149 Å². The Morgan fingerprint density at radius 2 is 1.42 bits per heavy atom. The fourth-order valence-electron chi connectivity index (χ4n) is 8.43. The number of amides is 4. The van der Waals surface area contributed by atoms with Crippen LogP contribution in [0.25, 0.3) is 0 Å². The quantitative estimate of drug-likeness (QED) is 0.330. The van der Waals surface area contributed by atoms with E-state index in [1.807, 2.05) is 47.6 Å². The molecule has 1 N–H and O–H groups in total. The molecule has 0 aromatic rings. The van der Waals surface area contributed by atoms with Gasteiger partial charge in [-0.15, -0.1) is 0 Å². The zero-order valence-corrected chi connectivity index (χ0v) is 31.6. The van der Waals surface area contributed by atoms with Crippen molar-refractivity contribution in [1.29, 1.82) is 0 Å². The van der Waals surface area contributed by atoms with Crippen molar-refractivity contribution in [2.24, 2.45) is 11.3 Å². The molecule has 4 saturated heterocycles. The van der Waals surface area contributed by atoms with Crippen molar-refractivity contribution in [3.63, 3.8) is 0 Å². The maximum Gasteiger partial charge on any atom is 0.249 e. The molecular weight excluding hydrogens is 604 g/mol. The predicted molar refractivity (Wildman–Crippen MR) is 191 cm³/mol. The van der Waals surface area contributed by atoms with E-state index < -0.39 is 17.5 Å². The second kappa shape index (κ2) is 16.5. The average molecular weight is 671 g/mol. The van der Waals surface area contributed by atoms with Gasteiger partial charge in [0.15, 0.2) is 0 Å². The van der Waals surface area contributed by atoms with Crippen LogP contribution in [0.5, 0.6) is 0 Å². The lowest BCUT2D eigenvalue weighted by Gasteiger charge is -2.41. The van der Waals surface area contributed by atoms with E-state index in [0.717, 1.165) is 71.2 Å². The topological polar surface area (TPSA) is 96.5 Å². The summed E-state index contributed by atoms with van der Waals surface area (Å²) in [6, 6.07) is -1.26. The second-order valence-corrected chi connectivity index (χ2v) is 16.7. The fourth-order valence-corrected chi connectivity index (χ4v) is 8.43. The summed E-state index contributed by atoms with van der Waals surface area (Å²) in [4.78, 5) is 66.1. The molecule has 1 unspecified atom stereocenters. The number of likely N-dealkylation sites (tertiary alicyclic amines) is 4. The summed E-state index contributed by atoms with van der Waals surface area (Å²) in [7, 11) is 1.78. The molecular formula is C38H66N6O4. The molecule has 10 nitrogen and oxygen atoms in total. The summed E-state index contributed by atoms with van der Waals surface area (Å²) in [6.07, 6.45) is 10.8. The molecule has 4 heterocycles. The molecule has 5 atom stereocenters. The van der Waals surface area contributed by atoms with Gasteiger partial charge in [-0.25, -0.2) is 0 Å². The third kappa shape index (κ3) is 9.01. The monoisotopic (exact) mass is 671 g/mol. The number of nitrogens with zero attached hydrogens (tertiary/aromatic N) is 5. The molecule has 272 valence electrons. The molecule has 4 aliphatic rings. The minimum atomic E-state index is -0.717. The lowest BCUT2D eigenvalue weighted by atomic mass is 9.84. The van der Waals surface area contributed by atoms with Gasteiger partial charge in [-0.05, 0) is 103 Å². The number of rotatable bonds is 11. The van der Waals surface area contributed by atoms with Gasteiger partial charge in [0.1, 0.15) is 12.1 Å². The third-order valence-electron chi connectivity index (χ3n) is 11.3. The van der Waals surface area contributed by atoms with Gasteiger partial charge in [-0.2, -0.15) is 0 Å². The normalized spacial score (nSPS) is 26.0. The molecule has 0 aromatic carbocycles. The third-order valence-corrected chi connectivity index (χ3v) is 11.3. The van der Waals surface area contributed by atoms with Crippen LogP contribution in [0.1, 0.15) is 113 Å². The summed E-state index contributed by atoms with van der Waals surface area (Å²) < 4.78 is 0. The van der Waals surface area contributed by atoms with E-state index in [-0.39, 0.29) is 53.7 Å². The Balaban J connectivity index is 1.47. The van der Waals surface area contributed by atoms with Crippen molar-refractivity contribution < 1.29 is 19.2 Å². The Morgan fingerprint density at radius 3 is 2.04 bits per heavy atom. The smallest absolute Gasteiger partial charge is 0.249 e. The van der Waals surface area contributed by atoms with Gasteiger partial charge in [0, 0.05) is 44.3 Å². The largest absolute Gasteiger partial charge is 0.342 e. The van der Waals surface area contributed by atoms with Gasteiger partial charge in [0.05, 0.1) is 12.1 Å². The molecule has 4 rings (SSSR count). The first-order valence-electron chi connectivity index (χ1n) is 19.0. The van der Waals surface area contributed by atoms with Crippen LogP contribution in [0.4, 0.5) is 0 Å². The zero-order valence-electron chi connectivity index (χ0n) is 31.6. The molecule has 0 aromatic heterocycles. The van der Waals surface area contributed by atoms with E-state index in [0.29, 0.717) is 18.5 Å². The van der Waals surface area contributed by atoms with Crippen LogP contribution in [0.2, 0.25) is 0 Å². The van der Waals surface area contributed by atoms with E-state index >= 15 is 0 Å². The van der Waals surface area contributed by atoms with Gasteiger partial charge in [-0.3, -0.25) is 24.1 Å². The van der Waals surface area contributed by atoms with Crippen molar-refractivity contribution in [3.8, 4) is 0 Å². The first-order chi connectivity index (χ1) is 22.6. The zero-order chi connectivity index (χ0) is 35.3. The summed E-state index contributed by atoms with van der Waals surface area (Å²) in [6.45, 7) is 21.5. The van der Waals surface area contributed by atoms with Crippen LogP contribution in [0, 0.1) is 11.3 Å². The highest BCUT2D eigenvalue weighted by Crippen LogP contribution is 2.29. The Labute approximate surface area is 291 Å². The molecule has 0 aliphatic carbocycles. The van der Waals surface area contributed by atoms with E-state index in [1.165, 1.54) is 12.8 Å². The second-order valence-electron chi connectivity index (χ2n) is 16.7. The highest BCUT2D eigenvalue weighted by atomic mass is 16.2. The maximum absolute atomic E-state index is 14.2. The van der Waals surface area contributed by atoms with Crippen LogP contribution < -0.4 is 5.32 Å². The average Bonchev–Trinajstić information content (AvgIpc) is 3.83. The minimum Gasteiger partial charge on any atom is -0.342 e. The van der Waals surface area contributed by atoms with Crippen molar-refractivity contribution >= 4 is 23.6 Å². The van der Waals surface area contributed by atoms with Gasteiger partial charge >= 0.3 is 0 Å².